The predicted molar refractivity (Wildman–Crippen MR) is 126 cm³/mol. The Morgan fingerprint density at radius 2 is 1.82 bits per heavy atom. The number of nitrogens with one attached hydrogen (secondary N) is 2. The normalized spacial score (nSPS) is 15.6. The van der Waals surface area contributed by atoms with Gasteiger partial charge in [-0.25, -0.2) is 23.1 Å². The molecule has 0 amide bonds. The largest absolute Gasteiger partial charge is 0.486 e. The summed E-state index contributed by atoms with van der Waals surface area (Å²) in [5.41, 5.74) is 1.72. The fraction of sp³-hybridized carbons (Fsp3) is 0.333. The molecule has 0 saturated carbocycles. The molecule has 34 heavy (non-hydrogen) atoms. The number of anilines is 4. The minimum atomic E-state index is -0.690. The maximum atomic E-state index is 14.8. The maximum absolute atomic E-state index is 14.8. The quantitative estimate of drug-likeness (QED) is 0.586. The highest BCUT2D eigenvalue weighted by molar-refractivity contribution is 5.73. The Morgan fingerprint density at radius 1 is 1.00 bits per heavy atom. The summed E-state index contributed by atoms with van der Waals surface area (Å²) in [6.45, 7) is 6.68. The second kappa shape index (κ2) is 9.38. The standard InChI is InChI=1S/C24H25F3N6O/c1-2-32-9-10-34-23-18(26)11-15(12-21(23)32)22-19(27)14-29-24(31-22)30-16-3-4-20(17(25)13-16)33-7-5-28-6-8-33/h3-4,11-14,28H,2,5-10H2,1H3,(H,29,30,31). The average molecular weight is 470 g/mol. The number of likely N-dealkylation sites (N-methyl/N-ethyl adjacent to an activating group) is 1. The molecule has 0 unspecified atom stereocenters. The molecular formula is C24H25F3N6O. The molecule has 2 aliphatic rings. The highest BCUT2D eigenvalue weighted by Crippen LogP contribution is 2.38. The topological polar surface area (TPSA) is 65.6 Å². The molecular weight excluding hydrogens is 445 g/mol. The molecule has 0 radical (unpaired) electrons. The first-order valence-corrected chi connectivity index (χ1v) is 11.3. The van der Waals surface area contributed by atoms with Crippen molar-refractivity contribution in [1.29, 1.82) is 0 Å². The van der Waals surface area contributed by atoms with Gasteiger partial charge in [0.05, 0.1) is 24.1 Å². The fourth-order valence-electron chi connectivity index (χ4n) is 4.31. The first kappa shape index (κ1) is 22.3. The zero-order valence-electron chi connectivity index (χ0n) is 18.7. The Kier molecular flexibility index (Phi) is 6.14. The average Bonchev–Trinajstić information content (AvgIpc) is 2.85. The number of nitrogens with zero attached hydrogens (tertiary/aromatic N) is 4. The summed E-state index contributed by atoms with van der Waals surface area (Å²) in [6.07, 6.45) is 1.02. The van der Waals surface area contributed by atoms with Crippen LogP contribution in [0.3, 0.4) is 0 Å². The smallest absolute Gasteiger partial charge is 0.227 e. The van der Waals surface area contributed by atoms with Crippen LogP contribution in [0.5, 0.6) is 5.75 Å². The molecule has 3 aromatic rings. The molecule has 7 nitrogen and oxygen atoms in total. The second-order valence-corrected chi connectivity index (χ2v) is 8.15. The van der Waals surface area contributed by atoms with E-state index < -0.39 is 11.6 Å². The summed E-state index contributed by atoms with van der Waals surface area (Å²) in [5, 5.41) is 6.16. The molecule has 0 atom stereocenters. The van der Waals surface area contributed by atoms with E-state index in [4.69, 9.17) is 4.74 Å². The summed E-state index contributed by atoms with van der Waals surface area (Å²) in [5.74, 6) is -1.41. The molecule has 0 bridgehead atoms. The van der Waals surface area contributed by atoms with E-state index in [2.05, 4.69) is 20.6 Å². The Hall–Kier alpha value is -3.53. The van der Waals surface area contributed by atoms with E-state index in [0.717, 1.165) is 32.4 Å². The van der Waals surface area contributed by atoms with Gasteiger partial charge < -0.3 is 25.2 Å². The second-order valence-electron chi connectivity index (χ2n) is 8.15. The third-order valence-corrected chi connectivity index (χ3v) is 6.03. The summed E-state index contributed by atoms with van der Waals surface area (Å²) < 4.78 is 49.7. The van der Waals surface area contributed by atoms with Gasteiger partial charge in [-0.15, -0.1) is 0 Å². The van der Waals surface area contributed by atoms with Crippen LogP contribution in [0.4, 0.5) is 36.2 Å². The van der Waals surface area contributed by atoms with Crippen LogP contribution in [0, 0.1) is 17.5 Å². The molecule has 0 spiro atoms. The van der Waals surface area contributed by atoms with E-state index in [1.165, 1.54) is 12.1 Å². The van der Waals surface area contributed by atoms with Crippen molar-refractivity contribution in [3.05, 3.63) is 54.0 Å². The Labute approximate surface area is 195 Å². The van der Waals surface area contributed by atoms with Crippen LogP contribution >= 0.6 is 0 Å². The van der Waals surface area contributed by atoms with E-state index >= 15 is 0 Å². The monoisotopic (exact) mass is 470 g/mol. The number of aromatic nitrogens is 2. The zero-order chi connectivity index (χ0) is 23.7. The van der Waals surface area contributed by atoms with E-state index in [9.17, 15) is 13.2 Å². The van der Waals surface area contributed by atoms with Crippen LogP contribution in [-0.2, 0) is 0 Å². The zero-order valence-corrected chi connectivity index (χ0v) is 18.7. The summed E-state index contributed by atoms with van der Waals surface area (Å²) >= 11 is 0. The van der Waals surface area contributed by atoms with Gasteiger partial charge in [-0.3, -0.25) is 0 Å². The van der Waals surface area contributed by atoms with Crippen molar-refractivity contribution in [2.45, 2.75) is 6.92 Å². The third kappa shape index (κ3) is 4.33. The maximum Gasteiger partial charge on any atom is 0.227 e. The van der Waals surface area contributed by atoms with Gasteiger partial charge in [0.15, 0.2) is 17.4 Å². The summed E-state index contributed by atoms with van der Waals surface area (Å²) in [6, 6.07) is 7.65. The van der Waals surface area contributed by atoms with E-state index in [1.807, 2.05) is 16.7 Å². The number of piperazine rings is 1. The van der Waals surface area contributed by atoms with Gasteiger partial charge in [-0.2, -0.15) is 0 Å². The lowest BCUT2D eigenvalue weighted by atomic mass is 10.1. The third-order valence-electron chi connectivity index (χ3n) is 6.03. The van der Waals surface area contributed by atoms with Gasteiger partial charge in [-0.05, 0) is 37.3 Å². The van der Waals surface area contributed by atoms with Gasteiger partial charge in [0, 0.05) is 44.0 Å². The molecule has 2 aliphatic heterocycles. The van der Waals surface area contributed by atoms with E-state index in [-0.39, 0.29) is 28.8 Å². The lowest BCUT2D eigenvalue weighted by molar-refractivity contribution is 0.292. The Morgan fingerprint density at radius 3 is 2.59 bits per heavy atom. The van der Waals surface area contributed by atoms with Gasteiger partial charge >= 0.3 is 0 Å². The molecule has 3 heterocycles. The van der Waals surface area contributed by atoms with Crippen LogP contribution in [0.15, 0.2) is 36.5 Å². The van der Waals surface area contributed by atoms with Crippen LogP contribution in [0.2, 0.25) is 0 Å². The van der Waals surface area contributed by atoms with Crippen molar-refractivity contribution in [2.24, 2.45) is 0 Å². The number of hydrogen-bond donors (Lipinski definition) is 2. The lowest BCUT2D eigenvalue weighted by Crippen LogP contribution is -2.43. The SMILES string of the molecule is CCN1CCOc2c(F)cc(-c3nc(Nc4ccc(N5CCNCC5)c(F)c4)ncc3F)cc21. The lowest BCUT2D eigenvalue weighted by Gasteiger charge is -2.30. The van der Waals surface area contributed by atoms with Crippen molar-refractivity contribution in [1.82, 2.24) is 15.3 Å². The minimum Gasteiger partial charge on any atom is -0.486 e. The Balaban J connectivity index is 1.43. The summed E-state index contributed by atoms with van der Waals surface area (Å²) in [7, 11) is 0. The highest BCUT2D eigenvalue weighted by Gasteiger charge is 2.23. The molecule has 178 valence electrons. The number of halogens is 3. The van der Waals surface area contributed by atoms with E-state index in [1.54, 1.807) is 18.2 Å². The first-order valence-electron chi connectivity index (χ1n) is 11.3. The minimum absolute atomic E-state index is 0.0567. The van der Waals surface area contributed by atoms with Gasteiger partial charge in [0.2, 0.25) is 5.95 Å². The summed E-state index contributed by atoms with van der Waals surface area (Å²) in [4.78, 5) is 12.2. The van der Waals surface area contributed by atoms with Crippen LogP contribution < -0.4 is 25.2 Å². The van der Waals surface area contributed by atoms with E-state index in [0.29, 0.717) is 36.8 Å². The number of ether oxygens (including phenoxy) is 1. The number of rotatable bonds is 5. The molecule has 5 rings (SSSR count). The predicted octanol–water partition coefficient (Wildman–Crippen LogP) is 3.93. The molecule has 0 aliphatic carbocycles. The Bertz CT molecular complexity index is 1200. The number of fused-ring (bicyclic) bond motifs is 1. The van der Waals surface area contributed by atoms with Gasteiger partial charge in [-0.1, -0.05) is 0 Å². The van der Waals surface area contributed by atoms with Crippen LogP contribution in [0.1, 0.15) is 6.92 Å². The van der Waals surface area contributed by atoms with Crippen molar-refractivity contribution in [3.8, 4) is 17.0 Å². The van der Waals surface area contributed by atoms with Crippen molar-refractivity contribution >= 4 is 23.0 Å². The number of benzene rings is 2. The van der Waals surface area contributed by atoms with Crippen LogP contribution in [0.25, 0.3) is 11.3 Å². The van der Waals surface area contributed by atoms with Crippen molar-refractivity contribution in [3.63, 3.8) is 0 Å². The molecule has 10 heteroatoms. The fourth-order valence-corrected chi connectivity index (χ4v) is 4.31. The molecule has 2 N–H and O–H groups in total. The molecule has 1 fully saturated rings. The first-order chi connectivity index (χ1) is 16.5. The van der Waals surface area contributed by atoms with Gasteiger partial charge in [0.1, 0.15) is 18.1 Å². The van der Waals surface area contributed by atoms with Crippen molar-refractivity contribution in [2.75, 3.05) is 61.0 Å². The van der Waals surface area contributed by atoms with Crippen molar-refractivity contribution < 1.29 is 17.9 Å². The number of hydrogen-bond acceptors (Lipinski definition) is 7. The molecule has 2 aromatic carbocycles. The van der Waals surface area contributed by atoms with Crippen LogP contribution in [-0.4, -0.2) is 55.8 Å². The van der Waals surface area contributed by atoms with Gasteiger partial charge in [0.25, 0.3) is 0 Å². The molecule has 1 aromatic heterocycles. The highest BCUT2D eigenvalue weighted by atomic mass is 19.1. The molecule has 1 saturated heterocycles.